The number of carbonyl (C=O) groups excluding carboxylic acids is 1. The van der Waals surface area contributed by atoms with Crippen molar-refractivity contribution in [1.82, 2.24) is 0 Å². The minimum absolute atomic E-state index is 0.243. The zero-order valence-corrected chi connectivity index (χ0v) is 20.6. The zero-order valence-electron chi connectivity index (χ0n) is 20.6. The minimum atomic E-state index is -2.05. The Kier molecular flexibility index (Phi) is 5.97. The Balaban J connectivity index is 1.84. The van der Waals surface area contributed by atoms with Gasteiger partial charge in [0.05, 0.1) is 39.9 Å². The molecule has 0 amide bonds. The van der Waals surface area contributed by atoms with Crippen LogP contribution in [0.3, 0.4) is 0 Å². The van der Waals surface area contributed by atoms with Crippen LogP contribution in [0.25, 0.3) is 0 Å². The van der Waals surface area contributed by atoms with Gasteiger partial charge in [-0.15, -0.1) is 0 Å². The molecule has 1 unspecified atom stereocenters. The Morgan fingerprint density at radius 3 is 2.31 bits per heavy atom. The van der Waals surface area contributed by atoms with E-state index in [1.54, 1.807) is 43.5 Å². The highest BCUT2D eigenvalue weighted by Gasteiger charge is 2.78. The van der Waals surface area contributed by atoms with Crippen LogP contribution in [0.1, 0.15) is 17.5 Å². The van der Waals surface area contributed by atoms with Crippen molar-refractivity contribution in [2.45, 2.75) is 23.7 Å². The Morgan fingerprint density at radius 2 is 1.72 bits per heavy atom. The van der Waals surface area contributed by atoms with E-state index < -0.39 is 35.1 Å². The third-order valence-corrected chi connectivity index (χ3v) is 7.81. The quantitative estimate of drug-likeness (QED) is 0.591. The smallest absolute Gasteiger partial charge is 0.311 e. The third kappa shape index (κ3) is 3.10. The molecule has 6 atom stereocenters. The molecular weight excluding hydrogens is 464 g/mol. The van der Waals surface area contributed by atoms with Crippen LogP contribution in [0.4, 0.5) is 0 Å². The maximum atomic E-state index is 13.2. The molecular formula is C28H30O8. The van der Waals surface area contributed by atoms with Gasteiger partial charge in [0.25, 0.3) is 0 Å². The number of hydrogen-bond donors (Lipinski definition) is 2. The second-order valence-electron chi connectivity index (χ2n) is 9.27. The molecule has 1 aliphatic heterocycles. The number of fused-ring (bicyclic) bond motifs is 3. The highest BCUT2D eigenvalue weighted by Crippen LogP contribution is 2.69. The predicted molar refractivity (Wildman–Crippen MR) is 130 cm³/mol. The van der Waals surface area contributed by atoms with Crippen LogP contribution in [0.15, 0.2) is 60.7 Å². The summed E-state index contributed by atoms with van der Waals surface area (Å²) in [5.74, 6) is -0.956. The molecule has 0 aromatic heterocycles. The van der Waals surface area contributed by atoms with Gasteiger partial charge in [-0.2, -0.15) is 0 Å². The highest BCUT2D eigenvalue weighted by atomic mass is 16.6. The average Bonchev–Trinajstić information content (AvgIpc) is 3.30. The standard InChI is InChI=1S/C28H30O8/c1-32-18-12-10-17(11-13-18)28-23(16-8-6-5-7-9-16)22(26(30)35-4)25(29)27(28,31)24-20(34-3)14-19(33-2)15-21(24)36-28/h5-8,10-16,22-23,25,29,31H,9H2,1-4H3/t16?,22-,23-,25+,27-,28-/m0/s1. The zero-order chi connectivity index (χ0) is 25.7. The minimum Gasteiger partial charge on any atom is -0.497 e. The fourth-order valence-corrected chi connectivity index (χ4v) is 6.29. The van der Waals surface area contributed by atoms with E-state index in [1.165, 1.54) is 21.3 Å². The molecule has 2 aromatic rings. The van der Waals surface area contributed by atoms with Gasteiger partial charge in [0, 0.05) is 18.1 Å². The van der Waals surface area contributed by atoms with Gasteiger partial charge >= 0.3 is 5.97 Å². The summed E-state index contributed by atoms with van der Waals surface area (Å²) in [7, 11) is 5.84. The lowest BCUT2D eigenvalue weighted by atomic mass is 9.67. The third-order valence-electron chi connectivity index (χ3n) is 7.81. The molecule has 1 fully saturated rings. The van der Waals surface area contributed by atoms with Crippen LogP contribution in [0.5, 0.6) is 23.0 Å². The number of carbonyl (C=O) groups is 1. The highest BCUT2D eigenvalue weighted by molar-refractivity contribution is 5.77. The maximum absolute atomic E-state index is 13.2. The first kappa shape index (κ1) is 24.2. The van der Waals surface area contributed by atoms with Gasteiger partial charge in [0.15, 0.2) is 11.2 Å². The Hall–Kier alpha value is -3.49. The molecule has 0 radical (unpaired) electrons. The van der Waals surface area contributed by atoms with Crippen molar-refractivity contribution in [3.63, 3.8) is 0 Å². The second-order valence-corrected chi connectivity index (χ2v) is 9.27. The van der Waals surface area contributed by atoms with Crippen LogP contribution in [0.2, 0.25) is 0 Å². The summed E-state index contributed by atoms with van der Waals surface area (Å²) in [4.78, 5) is 13.2. The molecule has 3 aliphatic rings. The summed E-state index contributed by atoms with van der Waals surface area (Å²) >= 11 is 0. The van der Waals surface area contributed by atoms with Gasteiger partial charge < -0.3 is 33.9 Å². The molecule has 0 spiro atoms. The topological polar surface area (TPSA) is 104 Å². The van der Waals surface area contributed by atoms with Crippen molar-refractivity contribution < 1.29 is 38.7 Å². The lowest BCUT2D eigenvalue weighted by Crippen LogP contribution is -2.53. The van der Waals surface area contributed by atoms with Crippen molar-refractivity contribution in [3.05, 3.63) is 71.8 Å². The molecule has 190 valence electrons. The van der Waals surface area contributed by atoms with Gasteiger partial charge in [-0.1, -0.05) is 36.4 Å². The SMILES string of the molecule is COC(=O)[C@@H]1[C@@H](O)[C@@]2(O)c3c(OC)cc(OC)cc3O[C@@]2(c2ccc(OC)cc2)[C@H]1C1C=CC=CC1. The number of benzene rings is 2. The summed E-state index contributed by atoms with van der Waals surface area (Å²) in [5, 5.41) is 24.6. The lowest BCUT2D eigenvalue weighted by molar-refractivity contribution is -0.163. The van der Waals surface area contributed by atoms with Crippen molar-refractivity contribution in [3.8, 4) is 23.0 Å². The summed E-state index contributed by atoms with van der Waals surface area (Å²) in [6.45, 7) is 0. The summed E-state index contributed by atoms with van der Waals surface area (Å²) in [5.41, 5.74) is -2.76. The van der Waals surface area contributed by atoms with Crippen LogP contribution in [-0.2, 0) is 20.7 Å². The molecule has 2 aliphatic carbocycles. The summed E-state index contributed by atoms with van der Waals surface area (Å²) in [6.07, 6.45) is 6.85. The molecule has 8 nitrogen and oxygen atoms in total. The monoisotopic (exact) mass is 494 g/mol. The number of methoxy groups -OCH3 is 4. The number of esters is 1. The Labute approximate surface area is 209 Å². The van der Waals surface area contributed by atoms with E-state index in [9.17, 15) is 15.0 Å². The van der Waals surface area contributed by atoms with Crippen molar-refractivity contribution in [1.29, 1.82) is 0 Å². The van der Waals surface area contributed by atoms with Gasteiger partial charge in [-0.25, -0.2) is 0 Å². The van der Waals surface area contributed by atoms with Gasteiger partial charge in [0.1, 0.15) is 29.1 Å². The van der Waals surface area contributed by atoms with Crippen molar-refractivity contribution >= 4 is 5.97 Å². The molecule has 0 saturated heterocycles. The van der Waals surface area contributed by atoms with E-state index >= 15 is 0 Å². The van der Waals surface area contributed by atoms with Gasteiger partial charge in [0.2, 0.25) is 0 Å². The number of ether oxygens (including phenoxy) is 5. The van der Waals surface area contributed by atoms with E-state index in [0.717, 1.165) is 0 Å². The summed E-state index contributed by atoms with van der Waals surface area (Å²) < 4.78 is 28.3. The number of aliphatic hydroxyl groups excluding tert-OH is 1. The first-order valence-corrected chi connectivity index (χ1v) is 11.8. The largest absolute Gasteiger partial charge is 0.497 e. The molecule has 2 N–H and O–H groups in total. The predicted octanol–water partition coefficient (Wildman–Crippen LogP) is 3.10. The second kappa shape index (κ2) is 8.87. The maximum Gasteiger partial charge on any atom is 0.311 e. The van der Waals surface area contributed by atoms with Crippen LogP contribution in [0, 0.1) is 17.8 Å². The fraction of sp³-hybridized carbons (Fsp3) is 0.393. The number of hydrogen-bond acceptors (Lipinski definition) is 8. The molecule has 36 heavy (non-hydrogen) atoms. The number of aliphatic hydroxyl groups is 2. The number of allylic oxidation sites excluding steroid dienone is 4. The molecule has 8 heteroatoms. The fourth-order valence-electron chi connectivity index (χ4n) is 6.29. The first-order valence-electron chi connectivity index (χ1n) is 11.8. The number of rotatable bonds is 6. The van der Waals surface area contributed by atoms with Gasteiger partial charge in [-0.3, -0.25) is 4.79 Å². The van der Waals surface area contributed by atoms with E-state index in [1.807, 2.05) is 24.3 Å². The van der Waals surface area contributed by atoms with Crippen molar-refractivity contribution in [2.24, 2.45) is 17.8 Å². The lowest BCUT2D eigenvalue weighted by Gasteiger charge is -2.43. The Morgan fingerprint density at radius 1 is 1.00 bits per heavy atom. The van der Waals surface area contributed by atoms with E-state index in [2.05, 4.69) is 0 Å². The molecule has 1 saturated carbocycles. The van der Waals surface area contributed by atoms with E-state index in [0.29, 0.717) is 29.2 Å². The molecule has 0 bridgehead atoms. The van der Waals surface area contributed by atoms with E-state index in [4.69, 9.17) is 23.7 Å². The first-order chi connectivity index (χ1) is 17.4. The Bertz CT molecular complexity index is 1220. The molecule has 2 aromatic carbocycles. The van der Waals surface area contributed by atoms with Crippen LogP contribution in [-0.4, -0.2) is 50.7 Å². The van der Waals surface area contributed by atoms with Gasteiger partial charge in [-0.05, 0) is 30.0 Å². The molecule has 5 rings (SSSR count). The van der Waals surface area contributed by atoms with Crippen LogP contribution < -0.4 is 18.9 Å². The van der Waals surface area contributed by atoms with E-state index in [-0.39, 0.29) is 17.2 Å². The average molecular weight is 495 g/mol. The molecule has 1 heterocycles. The van der Waals surface area contributed by atoms with Crippen LogP contribution >= 0.6 is 0 Å². The summed E-state index contributed by atoms with van der Waals surface area (Å²) in [6, 6.07) is 10.4. The van der Waals surface area contributed by atoms with Crippen molar-refractivity contribution in [2.75, 3.05) is 28.4 Å². The normalized spacial score (nSPS) is 31.8.